The van der Waals surface area contributed by atoms with E-state index in [1.54, 1.807) is 20.8 Å². The molecule has 17 heavy (non-hydrogen) atoms. The quantitative estimate of drug-likeness (QED) is 0.460. The minimum Gasteiger partial charge on any atom is -0.481 e. The van der Waals surface area contributed by atoms with Gasteiger partial charge in [-0.2, -0.15) is 0 Å². The van der Waals surface area contributed by atoms with Gasteiger partial charge in [-0.15, -0.1) is 0 Å². The number of nitrogens with two attached hydrogens (primary N) is 1. The van der Waals surface area contributed by atoms with Crippen LogP contribution in [-0.2, 0) is 19.1 Å². The third-order valence-electron chi connectivity index (χ3n) is 1.88. The fraction of sp³-hybridized carbons (Fsp3) is 0.700. The van der Waals surface area contributed by atoms with Crippen LogP contribution < -0.4 is 5.73 Å². The Morgan fingerprint density at radius 3 is 1.94 bits per heavy atom. The van der Waals surface area contributed by atoms with Gasteiger partial charge in [0.1, 0.15) is 5.60 Å². The number of ether oxygens (including phenoxy) is 1. The zero-order valence-electron chi connectivity index (χ0n) is 10.0. The van der Waals surface area contributed by atoms with E-state index in [2.05, 4.69) is 0 Å². The molecule has 0 aliphatic rings. The van der Waals surface area contributed by atoms with Crippen LogP contribution in [0.4, 0.5) is 0 Å². The van der Waals surface area contributed by atoms with E-state index in [9.17, 15) is 14.4 Å². The van der Waals surface area contributed by atoms with Crippen LogP contribution in [0.5, 0.6) is 0 Å². The van der Waals surface area contributed by atoms with Gasteiger partial charge in [-0.1, -0.05) is 0 Å². The third kappa shape index (κ3) is 4.81. The van der Waals surface area contributed by atoms with Gasteiger partial charge in [0.25, 0.3) is 0 Å². The van der Waals surface area contributed by atoms with Crippen LogP contribution in [0.1, 0.15) is 33.6 Å². The summed E-state index contributed by atoms with van der Waals surface area (Å²) in [5.74, 6) is -3.98. The smallest absolute Gasteiger partial charge is 0.338 e. The molecule has 0 aromatic carbocycles. The fourth-order valence-corrected chi connectivity index (χ4v) is 0.970. The first-order valence-electron chi connectivity index (χ1n) is 4.96. The molecule has 0 aliphatic carbocycles. The van der Waals surface area contributed by atoms with E-state index in [4.69, 9.17) is 20.7 Å². The number of rotatable bonds is 5. The van der Waals surface area contributed by atoms with E-state index in [1.807, 2.05) is 0 Å². The highest BCUT2D eigenvalue weighted by Crippen LogP contribution is 2.17. The Morgan fingerprint density at radius 2 is 1.65 bits per heavy atom. The molecule has 0 radical (unpaired) electrons. The molecule has 0 rings (SSSR count). The Kier molecular flexibility index (Phi) is 4.64. The lowest BCUT2D eigenvalue weighted by molar-refractivity contribution is -0.169. The highest BCUT2D eigenvalue weighted by molar-refractivity contribution is 6.04. The largest absolute Gasteiger partial charge is 0.481 e. The molecule has 0 aromatic rings. The lowest BCUT2D eigenvalue weighted by Gasteiger charge is -2.27. The van der Waals surface area contributed by atoms with Crippen molar-refractivity contribution in [2.45, 2.75) is 44.8 Å². The van der Waals surface area contributed by atoms with Crippen molar-refractivity contribution in [3.63, 3.8) is 0 Å². The molecule has 0 unspecified atom stereocenters. The summed E-state index contributed by atoms with van der Waals surface area (Å²) in [6.45, 7) is 4.68. The number of aliphatic carboxylic acids is 2. The molecule has 7 nitrogen and oxygen atoms in total. The molecule has 0 saturated heterocycles. The summed E-state index contributed by atoms with van der Waals surface area (Å²) in [5, 5.41) is 17.4. The van der Waals surface area contributed by atoms with Crippen molar-refractivity contribution in [3.8, 4) is 0 Å². The standard InChI is InChI=1S/C10H17NO6/c1-9(2,3)17-8(16)10(11,7(14)15)5-4-6(12)13/h4-5,11H2,1-3H3,(H,12,13)(H,14,15)/t10-/m1/s1. The predicted octanol–water partition coefficient (Wildman–Crippen LogP) is -0.0250. The molecule has 0 amide bonds. The van der Waals surface area contributed by atoms with Crippen LogP contribution in [0.15, 0.2) is 0 Å². The molecule has 0 aromatic heterocycles. The van der Waals surface area contributed by atoms with E-state index < -0.39 is 41.9 Å². The van der Waals surface area contributed by atoms with Crippen molar-refractivity contribution in [2.75, 3.05) is 0 Å². The lowest BCUT2D eigenvalue weighted by Crippen LogP contribution is -2.57. The summed E-state index contributed by atoms with van der Waals surface area (Å²) < 4.78 is 4.86. The van der Waals surface area contributed by atoms with Crippen molar-refractivity contribution >= 4 is 17.9 Å². The van der Waals surface area contributed by atoms with Gasteiger partial charge < -0.3 is 20.7 Å². The second-order valence-corrected chi connectivity index (χ2v) is 4.67. The van der Waals surface area contributed by atoms with Gasteiger partial charge in [0, 0.05) is 6.42 Å². The second kappa shape index (κ2) is 5.13. The van der Waals surface area contributed by atoms with Gasteiger partial charge in [-0.3, -0.25) is 4.79 Å². The van der Waals surface area contributed by atoms with Crippen LogP contribution in [0.3, 0.4) is 0 Å². The van der Waals surface area contributed by atoms with Gasteiger partial charge in [0.15, 0.2) is 0 Å². The predicted molar refractivity (Wildman–Crippen MR) is 57.3 cm³/mol. The molecule has 98 valence electrons. The van der Waals surface area contributed by atoms with Gasteiger partial charge >= 0.3 is 17.9 Å². The molecule has 0 aliphatic heterocycles. The van der Waals surface area contributed by atoms with E-state index in [-0.39, 0.29) is 0 Å². The Hall–Kier alpha value is -1.63. The van der Waals surface area contributed by atoms with Crippen molar-refractivity contribution in [3.05, 3.63) is 0 Å². The Morgan fingerprint density at radius 1 is 1.18 bits per heavy atom. The van der Waals surface area contributed by atoms with Crippen LogP contribution in [-0.4, -0.2) is 39.3 Å². The number of carboxylic acids is 2. The number of carbonyl (C=O) groups is 3. The first-order valence-corrected chi connectivity index (χ1v) is 4.96. The first kappa shape index (κ1) is 15.4. The first-order chi connectivity index (χ1) is 7.49. The Bertz CT molecular complexity index is 332. The van der Waals surface area contributed by atoms with Gasteiger partial charge in [-0.25, -0.2) is 9.59 Å². The number of hydrogen-bond acceptors (Lipinski definition) is 5. The molecule has 1 atom stereocenters. The molecular weight excluding hydrogens is 230 g/mol. The lowest BCUT2D eigenvalue weighted by atomic mass is 9.94. The van der Waals surface area contributed by atoms with Gasteiger partial charge in [0.05, 0.1) is 0 Å². The van der Waals surface area contributed by atoms with Crippen LogP contribution in [0.25, 0.3) is 0 Å². The van der Waals surface area contributed by atoms with Gasteiger partial charge in [0.2, 0.25) is 5.54 Å². The summed E-state index contributed by atoms with van der Waals surface area (Å²) in [6.07, 6.45) is -1.05. The fourth-order valence-electron chi connectivity index (χ4n) is 0.970. The van der Waals surface area contributed by atoms with Crippen LogP contribution in [0.2, 0.25) is 0 Å². The van der Waals surface area contributed by atoms with Crippen molar-refractivity contribution in [1.29, 1.82) is 0 Å². The average Bonchev–Trinajstić information content (AvgIpc) is 2.10. The zero-order valence-corrected chi connectivity index (χ0v) is 10.0. The minimum atomic E-state index is -2.33. The Labute approximate surface area is 98.6 Å². The van der Waals surface area contributed by atoms with E-state index in [0.29, 0.717) is 0 Å². The molecule has 7 heteroatoms. The van der Waals surface area contributed by atoms with Crippen molar-refractivity contribution < 1.29 is 29.3 Å². The highest BCUT2D eigenvalue weighted by Gasteiger charge is 2.45. The van der Waals surface area contributed by atoms with Gasteiger partial charge in [-0.05, 0) is 27.2 Å². The molecule has 0 bridgehead atoms. The molecule has 4 N–H and O–H groups in total. The van der Waals surface area contributed by atoms with E-state index in [1.165, 1.54) is 0 Å². The topological polar surface area (TPSA) is 127 Å². The zero-order chi connectivity index (χ0) is 13.9. The number of carbonyl (C=O) groups excluding carboxylic acids is 1. The number of hydrogen-bond donors (Lipinski definition) is 3. The van der Waals surface area contributed by atoms with Crippen LogP contribution in [0, 0.1) is 0 Å². The number of esters is 1. The summed E-state index contributed by atoms with van der Waals surface area (Å²) >= 11 is 0. The molecular formula is C10H17NO6. The Balaban J connectivity index is 4.88. The molecule has 0 fully saturated rings. The average molecular weight is 247 g/mol. The second-order valence-electron chi connectivity index (χ2n) is 4.67. The summed E-state index contributed by atoms with van der Waals surface area (Å²) in [7, 11) is 0. The molecule has 0 spiro atoms. The SMILES string of the molecule is CC(C)(C)OC(=O)[C@@](N)(CCC(=O)O)C(=O)O. The number of carboxylic acid groups (broad SMARTS) is 2. The maximum Gasteiger partial charge on any atom is 0.338 e. The molecule has 0 saturated carbocycles. The van der Waals surface area contributed by atoms with E-state index >= 15 is 0 Å². The maximum absolute atomic E-state index is 11.6. The van der Waals surface area contributed by atoms with Crippen molar-refractivity contribution in [1.82, 2.24) is 0 Å². The normalized spacial score (nSPS) is 14.8. The summed E-state index contributed by atoms with van der Waals surface area (Å²) in [4.78, 5) is 32.9. The summed E-state index contributed by atoms with van der Waals surface area (Å²) in [5.41, 5.74) is 2.19. The monoisotopic (exact) mass is 247 g/mol. The maximum atomic E-state index is 11.6. The van der Waals surface area contributed by atoms with Crippen LogP contribution >= 0.6 is 0 Å². The highest BCUT2D eigenvalue weighted by atomic mass is 16.6. The van der Waals surface area contributed by atoms with Crippen molar-refractivity contribution in [2.24, 2.45) is 5.73 Å². The third-order valence-corrected chi connectivity index (χ3v) is 1.88. The van der Waals surface area contributed by atoms with E-state index in [0.717, 1.165) is 0 Å². The summed E-state index contributed by atoms with van der Waals surface area (Å²) in [6, 6.07) is 0. The minimum absolute atomic E-state index is 0.521. The molecule has 0 heterocycles.